The summed E-state index contributed by atoms with van der Waals surface area (Å²) < 4.78 is 26.7. The zero-order valence-electron chi connectivity index (χ0n) is 18.0. The van der Waals surface area contributed by atoms with E-state index in [2.05, 4.69) is 5.32 Å². The molecule has 3 aromatic rings. The van der Waals surface area contributed by atoms with Crippen LogP contribution in [0, 0.1) is 32.1 Å². The Morgan fingerprint density at radius 3 is 2.19 bits per heavy atom. The molecule has 1 N–H and O–H groups in total. The zero-order valence-corrected chi connectivity index (χ0v) is 20.4. The van der Waals surface area contributed by atoms with Gasteiger partial charge in [0.25, 0.3) is 0 Å². The Bertz CT molecular complexity index is 1290. The number of aryl methyl sites for hydroxylation is 3. The molecule has 0 aliphatic rings. The van der Waals surface area contributed by atoms with Crippen LogP contribution < -0.4 is 5.32 Å². The van der Waals surface area contributed by atoms with Gasteiger partial charge in [-0.15, -0.1) is 11.8 Å². The summed E-state index contributed by atoms with van der Waals surface area (Å²) in [4.78, 5) is -0.244. The lowest BCUT2D eigenvalue weighted by Crippen LogP contribution is -2.11. The number of nitrogens with one attached hydrogen (secondary N) is 1. The van der Waals surface area contributed by atoms with E-state index in [0.29, 0.717) is 10.8 Å². The van der Waals surface area contributed by atoms with E-state index in [1.54, 1.807) is 24.3 Å². The highest BCUT2D eigenvalue weighted by atomic mass is 35.5. The van der Waals surface area contributed by atoms with Crippen LogP contribution in [-0.2, 0) is 15.6 Å². The molecule has 0 radical (unpaired) electrons. The Hall–Kier alpha value is -2.72. The second-order valence-electron chi connectivity index (χ2n) is 7.37. The van der Waals surface area contributed by atoms with Gasteiger partial charge in [0.1, 0.15) is 11.1 Å². The van der Waals surface area contributed by atoms with Gasteiger partial charge in [-0.25, -0.2) is 8.42 Å². The molecule has 0 spiro atoms. The molecule has 0 heterocycles. The number of benzene rings is 3. The van der Waals surface area contributed by atoms with E-state index in [9.17, 15) is 13.7 Å². The lowest BCUT2D eigenvalue weighted by atomic mass is 10.1. The number of allylic oxidation sites excluding steroid dienone is 1. The van der Waals surface area contributed by atoms with Crippen molar-refractivity contribution in [3.05, 3.63) is 104 Å². The molecule has 7 heteroatoms. The van der Waals surface area contributed by atoms with Crippen molar-refractivity contribution in [2.45, 2.75) is 31.4 Å². The van der Waals surface area contributed by atoms with E-state index in [1.807, 2.05) is 57.2 Å². The van der Waals surface area contributed by atoms with E-state index in [4.69, 9.17) is 11.6 Å². The van der Waals surface area contributed by atoms with Gasteiger partial charge in [0.2, 0.25) is 9.84 Å². The van der Waals surface area contributed by atoms with Crippen LogP contribution in [0.2, 0.25) is 5.02 Å². The summed E-state index contributed by atoms with van der Waals surface area (Å²) in [6, 6.07) is 21.3. The number of thioether (sulfide) groups is 1. The summed E-state index contributed by atoms with van der Waals surface area (Å²) >= 11 is 7.54. The number of hydrogen-bond donors (Lipinski definition) is 1. The topological polar surface area (TPSA) is 70.0 Å². The molecule has 0 aromatic heterocycles. The molecule has 0 atom stereocenters. The summed E-state index contributed by atoms with van der Waals surface area (Å²) in [6.07, 6.45) is 0. The number of anilines is 1. The van der Waals surface area contributed by atoms with Gasteiger partial charge >= 0.3 is 0 Å². The van der Waals surface area contributed by atoms with Crippen LogP contribution in [0.1, 0.15) is 22.3 Å². The van der Waals surface area contributed by atoms with Gasteiger partial charge in [0.05, 0.1) is 4.90 Å². The summed E-state index contributed by atoms with van der Waals surface area (Å²) in [5.41, 5.74) is 4.68. The first-order valence-corrected chi connectivity index (χ1v) is 12.7. The molecule has 3 rings (SSSR count). The quantitative estimate of drug-likeness (QED) is 0.376. The number of nitriles is 1. The van der Waals surface area contributed by atoms with E-state index < -0.39 is 9.84 Å². The fourth-order valence-corrected chi connectivity index (χ4v) is 6.22. The molecular formula is C25H23ClN2O2S2. The summed E-state index contributed by atoms with van der Waals surface area (Å²) in [5.74, 6) is 0.404. The predicted octanol–water partition coefficient (Wildman–Crippen LogP) is 6.78. The number of sulfone groups is 1. The average Bonchev–Trinajstić information content (AvgIpc) is 2.76. The lowest BCUT2D eigenvalue weighted by Gasteiger charge is -2.18. The molecule has 0 saturated carbocycles. The van der Waals surface area contributed by atoms with Gasteiger partial charge in [0, 0.05) is 16.5 Å². The molecule has 0 fully saturated rings. The molecule has 0 bridgehead atoms. The molecule has 32 heavy (non-hydrogen) atoms. The maximum atomic E-state index is 13.3. The largest absolute Gasteiger partial charge is 0.348 e. The minimum atomic E-state index is -4.02. The van der Waals surface area contributed by atoms with Crippen LogP contribution in [0.4, 0.5) is 5.69 Å². The zero-order chi connectivity index (χ0) is 23.3. The molecule has 0 aliphatic heterocycles. The molecule has 0 amide bonds. The first-order valence-electron chi connectivity index (χ1n) is 9.89. The number of hydrogen-bond acceptors (Lipinski definition) is 5. The van der Waals surface area contributed by atoms with Crippen molar-refractivity contribution in [2.75, 3.05) is 5.32 Å². The van der Waals surface area contributed by atoms with Gasteiger partial charge in [-0.1, -0.05) is 65.7 Å². The van der Waals surface area contributed by atoms with Crippen molar-refractivity contribution in [3.8, 4) is 6.07 Å². The van der Waals surface area contributed by atoms with Crippen molar-refractivity contribution in [3.63, 3.8) is 0 Å². The van der Waals surface area contributed by atoms with Gasteiger partial charge in [-0.05, 0) is 55.7 Å². The SMILES string of the molecule is Cc1cc(C)c(N/C(SCc2ccccc2Cl)=C(/C#N)S(=O)(=O)c2ccccc2)c(C)c1. The van der Waals surface area contributed by atoms with Gasteiger partial charge in [0.15, 0.2) is 4.91 Å². The molecule has 0 saturated heterocycles. The molecular weight excluding hydrogens is 460 g/mol. The van der Waals surface area contributed by atoms with E-state index >= 15 is 0 Å². The molecule has 3 aromatic carbocycles. The van der Waals surface area contributed by atoms with Crippen LogP contribution in [0.3, 0.4) is 0 Å². The Kier molecular flexibility index (Phi) is 7.68. The minimum Gasteiger partial charge on any atom is -0.348 e. The van der Waals surface area contributed by atoms with E-state index in [1.165, 1.54) is 23.9 Å². The van der Waals surface area contributed by atoms with E-state index in [-0.39, 0.29) is 14.8 Å². The first kappa shape index (κ1) is 23.9. The van der Waals surface area contributed by atoms with Crippen LogP contribution in [-0.4, -0.2) is 8.42 Å². The smallest absolute Gasteiger partial charge is 0.219 e. The summed E-state index contributed by atoms with van der Waals surface area (Å²) in [6.45, 7) is 5.92. The lowest BCUT2D eigenvalue weighted by molar-refractivity contribution is 0.603. The van der Waals surface area contributed by atoms with Gasteiger partial charge in [-0.2, -0.15) is 5.26 Å². The highest BCUT2D eigenvalue weighted by Gasteiger charge is 2.26. The van der Waals surface area contributed by atoms with Crippen LogP contribution >= 0.6 is 23.4 Å². The Morgan fingerprint density at radius 2 is 1.59 bits per heavy atom. The second kappa shape index (κ2) is 10.3. The number of halogens is 1. The second-order valence-corrected chi connectivity index (χ2v) is 10.6. The normalized spacial score (nSPS) is 12.1. The van der Waals surface area contributed by atoms with Crippen molar-refractivity contribution < 1.29 is 8.42 Å². The van der Waals surface area contributed by atoms with E-state index in [0.717, 1.165) is 27.9 Å². The molecule has 164 valence electrons. The number of rotatable bonds is 7. The van der Waals surface area contributed by atoms with Gasteiger partial charge < -0.3 is 5.32 Å². The minimum absolute atomic E-state index is 0.0755. The molecule has 0 unspecified atom stereocenters. The van der Waals surface area contributed by atoms with Crippen molar-refractivity contribution in [1.29, 1.82) is 5.26 Å². The maximum Gasteiger partial charge on any atom is 0.219 e. The Morgan fingerprint density at radius 1 is 1.00 bits per heavy atom. The standard InChI is InChI=1S/C25H23ClN2O2S2/c1-17-13-18(2)24(19(3)14-17)28-25(31-16-20-9-7-8-12-22(20)26)23(15-27)32(29,30)21-10-5-4-6-11-21/h4-14,28H,16H2,1-3H3/b25-23+. The van der Waals surface area contributed by atoms with Crippen LogP contribution in [0.25, 0.3) is 0 Å². The highest BCUT2D eigenvalue weighted by Crippen LogP contribution is 2.34. The maximum absolute atomic E-state index is 13.3. The van der Waals surface area contributed by atoms with Crippen LogP contribution in [0.5, 0.6) is 0 Å². The van der Waals surface area contributed by atoms with Crippen molar-refractivity contribution in [2.24, 2.45) is 0 Å². The summed E-state index contributed by atoms with van der Waals surface area (Å²) in [5, 5.41) is 14.1. The number of nitrogens with zero attached hydrogens (tertiary/aromatic N) is 1. The van der Waals surface area contributed by atoms with Gasteiger partial charge in [-0.3, -0.25) is 0 Å². The third-order valence-electron chi connectivity index (χ3n) is 4.88. The van der Waals surface area contributed by atoms with Crippen molar-refractivity contribution >= 4 is 38.9 Å². The Labute approximate surface area is 198 Å². The predicted molar refractivity (Wildman–Crippen MR) is 133 cm³/mol. The van der Waals surface area contributed by atoms with Crippen molar-refractivity contribution in [1.82, 2.24) is 0 Å². The molecule has 0 aliphatic carbocycles. The third-order valence-corrected chi connectivity index (χ3v) is 8.15. The first-order chi connectivity index (χ1) is 15.2. The summed E-state index contributed by atoms with van der Waals surface area (Å²) in [7, 11) is -4.02. The Balaban J connectivity index is 2.12. The fourth-order valence-electron chi connectivity index (χ4n) is 3.36. The highest BCUT2D eigenvalue weighted by molar-refractivity contribution is 8.04. The monoisotopic (exact) mass is 482 g/mol. The molecule has 4 nitrogen and oxygen atoms in total. The fraction of sp³-hybridized carbons (Fsp3) is 0.160. The average molecular weight is 483 g/mol. The van der Waals surface area contributed by atoms with Crippen LogP contribution in [0.15, 0.2) is 81.6 Å². The third kappa shape index (κ3) is 5.36.